The Labute approximate surface area is 119 Å². The lowest BCUT2D eigenvalue weighted by Crippen LogP contribution is -2.36. The lowest BCUT2D eigenvalue weighted by molar-refractivity contribution is 0.117. The van der Waals surface area contributed by atoms with E-state index in [1.165, 1.54) is 17.5 Å². The molecule has 0 amide bonds. The lowest BCUT2D eigenvalue weighted by Gasteiger charge is -2.11. The first kappa shape index (κ1) is 12.2. The first-order chi connectivity index (χ1) is 9.83. The molecule has 106 valence electrons. The van der Waals surface area contributed by atoms with Gasteiger partial charge in [0.2, 0.25) is 0 Å². The molecule has 1 heterocycles. The molecule has 1 aliphatic heterocycles. The van der Waals surface area contributed by atoms with Crippen LogP contribution in [0.2, 0.25) is 0 Å². The molecule has 0 radical (unpaired) electrons. The van der Waals surface area contributed by atoms with Crippen LogP contribution in [0.15, 0.2) is 29.3 Å². The number of nitrogens with two attached hydrogens (primary N) is 1. The van der Waals surface area contributed by atoms with E-state index in [1.54, 1.807) is 0 Å². The summed E-state index contributed by atoms with van der Waals surface area (Å²) in [7, 11) is 0. The summed E-state index contributed by atoms with van der Waals surface area (Å²) in [5, 5.41) is 3.39. The molecule has 3 aliphatic rings. The minimum Gasteiger partial charge on any atom is -0.376 e. The fourth-order valence-electron chi connectivity index (χ4n) is 3.75. The zero-order chi connectivity index (χ0) is 13.5. The summed E-state index contributed by atoms with van der Waals surface area (Å²) >= 11 is 0. The van der Waals surface area contributed by atoms with Crippen molar-refractivity contribution in [3.63, 3.8) is 0 Å². The van der Waals surface area contributed by atoms with Gasteiger partial charge in [0.25, 0.3) is 0 Å². The van der Waals surface area contributed by atoms with Gasteiger partial charge >= 0.3 is 0 Å². The number of rotatable bonds is 3. The quantitative estimate of drug-likeness (QED) is 0.645. The van der Waals surface area contributed by atoms with Crippen molar-refractivity contribution < 1.29 is 4.74 Å². The number of ether oxygens (including phenoxy) is 1. The molecule has 1 aromatic carbocycles. The minimum atomic E-state index is 0.273. The highest BCUT2D eigenvalue weighted by Gasteiger charge is 2.55. The molecule has 4 nitrogen and oxygen atoms in total. The van der Waals surface area contributed by atoms with Crippen molar-refractivity contribution in [1.82, 2.24) is 5.32 Å². The van der Waals surface area contributed by atoms with Crippen molar-refractivity contribution in [1.29, 1.82) is 0 Å². The van der Waals surface area contributed by atoms with Gasteiger partial charge in [-0.1, -0.05) is 24.3 Å². The van der Waals surface area contributed by atoms with Gasteiger partial charge in [0, 0.05) is 18.6 Å². The first-order valence-electron chi connectivity index (χ1n) is 7.59. The number of hydrogen-bond acceptors (Lipinski definition) is 2. The summed E-state index contributed by atoms with van der Waals surface area (Å²) in [4.78, 5) is 4.43. The summed E-state index contributed by atoms with van der Waals surface area (Å²) in [6.45, 7) is 1.56. The van der Waals surface area contributed by atoms with E-state index in [2.05, 4.69) is 34.6 Å². The van der Waals surface area contributed by atoms with Crippen LogP contribution in [0.1, 0.15) is 29.9 Å². The molecular formula is C16H21N3O. The Bertz CT molecular complexity index is 536. The topological polar surface area (TPSA) is 59.6 Å². The van der Waals surface area contributed by atoms with E-state index in [0.717, 1.165) is 19.4 Å². The van der Waals surface area contributed by atoms with Gasteiger partial charge in [-0.05, 0) is 36.3 Å². The Hall–Kier alpha value is -1.55. The van der Waals surface area contributed by atoms with Gasteiger partial charge in [-0.3, -0.25) is 4.99 Å². The minimum absolute atomic E-state index is 0.273. The van der Waals surface area contributed by atoms with E-state index in [9.17, 15) is 0 Å². The molecule has 4 unspecified atom stereocenters. The van der Waals surface area contributed by atoms with Crippen molar-refractivity contribution in [2.45, 2.75) is 37.3 Å². The second-order valence-corrected chi connectivity index (χ2v) is 6.12. The summed E-state index contributed by atoms with van der Waals surface area (Å²) in [5.41, 5.74) is 9.01. The highest BCUT2D eigenvalue weighted by molar-refractivity contribution is 5.79. The maximum absolute atomic E-state index is 6.00. The molecule has 1 aromatic rings. The summed E-state index contributed by atoms with van der Waals surface area (Å²) < 4.78 is 5.55. The maximum Gasteiger partial charge on any atom is 0.188 e. The summed E-state index contributed by atoms with van der Waals surface area (Å²) in [5.74, 6) is 1.93. The van der Waals surface area contributed by atoms with Crippen LogP contribution in [0.5, 0.6) is 0 Å². The van der Waals surface area contributed by atoms with E-state index in [0.29, 0.717) is 30.4 Å². The monoisotopic (exact) mass is 271 g/mol. The Balaban J connectivity index is 1.34. The molecule has 0 bridgehead atoms. The van der Waals surface area contributed by atoms with E-state index >= 15 is 0 Å². The molecular weight excluding hydrogens is 250 g/mol. The lowest BCUT2D eigenvalue weighted by atomic mass is 10.1. The average Bonchev–Trinajstić information content (AvgIpc) is 2.89. The van der Waals surface area contributed by atoms with Crippen LogP contribution in [0.3, 0.4) is 0 Å². The SMILES string of the molecule is NC(=NCC1CCCO1)NC1C2Cc3ccccc3C21. The van der Waals surface area contributed by atoms with Crippen LogP contribution in [-0.4, -0.2) is 31.3 Å². The summed E-state index contributed by atoms with van der Waals surface area (Å²) in [6.07, 6.45) is 3.71. The molecule has 3 N–H and O–H groups in total. The molecule has 4 rings (SSSR count). The standard InChI is InChI=1S/C16H21N3O/c17-16(18-9-11-5-3-7-20-11)19-15-13-8-10-4-1-2-6-12(10)14(13)15/h1-2,4,6,11,13-15H,3,5,7-9H2,(H3,17,18,19). The largest absolute Gasteiger partial charge is 0.376 e. The van der Waals surface area contributed by atoms with E-state index in [-0.39, 0.29) is 6.10 Å². The van der Waals surface area contributed by atoms with Crippen LogP contribution < -0.4 is 11.1 Å². The van der Waals surface area contributed by atoms with Gasteiger partial charge in [0.15, 0.2) is 5.96 Å². The van der Waals surface area contributed by atoms with Crippen LogP contribution >= 0.6 is 0 Å². The summed E-state index contributed by atoms with van der Waals surface area (Å²) in [6, 6.07) is 9.24. The maximum atomic E-state index is 6.00. The molecule has 4 atom stereocenters. The zero-order valence-corrected chi connectivity index (χ0v) is 11.6. The van der Waals surface area contributed by atoms with Crippen LogP contribution in [0.25, 0.3) is 0 Å². The molecule has 2 fully saturated rings. The van der Waals surface area contributed by atoms with Crippen molar-refractivity contribution in [2.75, 3.05) is 13.2 Å². The van der Waals surface area contributed by atoms with Gasteiger partial charge in [-0.15, -0.1) is 0 Å². The number of benzene rings is 1. The number of guanidine groups is 1. The van der Waals surface area contributed by atoms with Crippen molar-refractivity contribution in [3.8, 4) is 0 Å². The molecule has 1 saturated carbocycles. The molecule has 4 heteroatoms. The van der Waals surface area contributed by atoms with E-state index in [1.807, 2.05) is 0 Å². The van der Waals surface area contributed by atoms with Crippen molar-refractivity contribution in [2.24, 2.45) is 16.6 Å². The fraction of sp³-hybridized carbons (Fsp3) is 0.562. The van der Waals surface area contributed by atoms with Gasteiger partial charge < -0.3 is 15.8 Å². The number of aliphatic imine (C=N–C) groups is 1. The predicted octanol–water partition coefficient (Wildman–Crippen LogP) is 1.41. The Morgan fingerprint density at radius 3 is 3.15 bits per heavy atom. The number of nitrogens with one attached hydrogen (secondary N) is 1. The van der Waals surface area contributed by atoms with Crippen molar-refractivity contribution >= 4 is 5.96 Å². The second kappa shape index (κ2) is 4.77. The smallest absolute Gasteiger partial charge is 0.188 e. The number of fused-ring (bicyclic) bond motifs is 3. The second-order valence-electron chi connectivity index (χ2n) is 6.12. The van der Waals surface area contributed by atoms with E-state index < -0.39 is 0 Å². The van der Waals surface area contributed by atoms with Gasteiger partial charge in [0.1, 0.15) is 0 Å². The van der Waals surface area contributed by atoms with Crippen LogP contribution in [-0.2, 0) is 11.2 Å². The third-order valence-corrected chi connectivity index (χ3v) is 4.84. The van der Waals surface area contributed by atoms with E-state index in [4.69, 9.17) is 10.5 Å². The van der Waals surface area contributed by atoms with Gasteiger partial charge in [0.05, 0.1) is 12.6 Å². The molecule has 2 aliphatic carbocycles. The van der Waals surface area contributed by atoms with Crippen molar-refractivity contribution in [3.05, 3.63) is 35.4 Å². The fourth-order valence-corrected chi connectivity index (χ4v) is 3.75. The van der Waals surface area contributed by atoms with Crippen LogP contribution in [0, 0.1) is 5.92 Å². The average molecular weight is 271 g/mol. The Morgan fingerprint density at radius 2 is 2.30 bits per heavy atom. The highest BCUT2D eigenvalue weighted by Crippen LogP contribution is 2.56. The molecule has 1 saturated heterocycles. The molecule has 0 spiro atoms. The van der Waals surface area contributed by atoms with Crippen LogP contribution in [0.4, 0.5) is 0 Å². The number of nitrogens with zero attached hydrogens (tertiary/aromatic N) is 1. The predicted molar refractivity (Wildman–Crippen MR) is 78.8 cm³/mol. The number of hydrogen-bond donors (Lipinski definition) is 2. The Morgan fingerprint density at radius 1 is 1.40 bits per heavy atom. The Kier molecular flexibility index (Phi) is 2.91. The third kappa shape index (κ3) is 2.08. The first-order valence-corrected chi connectivity index (χ1v) is 7.59. The van der Waals surface area contributed by atoms with Gasteiger partial charge in [-0.25, -0.2) is 0 Å². The van der Waals surface area contributed by atoms with Gasteiger partial charge in [-0.2, -0.15) is 0 Å². The third-order valence-electron chi connectivity index (χ3n) is 4.84. The normalized spacial score (nSPS) is 34.7. The molecule has 0 aromatic heterocycles. The highest BCUT2D eigenvalue weighted by atomic mass is 16.5. The molecule has 20 heavy (non-hydrogen) atoms. The zero-order valence-electron chi connectivity index (χ0n) is 11.6.